The van der Waals surface area contributed by atoms with Crippen LogP contribution < -0.4 is 0 Å². The molecule has 0 atom stereocenters. The van der Waals surface area contributed by atoms with Gasteiger partial charge in [0, 0.05) is 11.1 Å². The van der Waals surface area contributed by atoms with Crippen LogP contribution in [0.1, 0.15) is 98.9 Å². The van der Waals surface area contributed by atoms with E-state index in [4.69, 9.17) is 18.9 Å². The lowest BCUT2D eigenvalue weighted by molar-refractivity contribution is 0.00544. The van der Waals surface area contributed by atoms with Gasteiger partial charge in [0.15, 0.2) is 5.78 Å². The zero-order valence-corrected chi connectivity index (χ0v) is 21.6. The summed E-state index contributed by atoms with van der Waals surface area (Å²) < 4.78 is 20.2. The molecule has 9 nitrogen and oxygen atoms in total. The fourth-order valence-electron chi connectivity index (χ4n) is 3.12. The molecule has 0 heterocycles. The number of hydrogen-bond acceptors (Lipinski definition) is 9. The number of carbonyl (C=O) groups is 5. The third-order valence-corrected chi connectivity index (χ3v) is 4.61. The van der Waals surface area contributed by atoms with Crippen molar-refractivity contribution in [3.63, 3.8) is 0 Å². The minimum atomic E-state index is -0.851. The molecule has 0 aliphatic rings. The fourth-order valence-corrected chi connectivity index (χ4v) is 3.12. The van der Waals surface area contributed by atoms with Gasteiger partial charge in [-0.3, -0.25) is 4.79 Å². The molecule has 2 aromatic rings. The Morgan fingerprint density at radius 2 is 0.861 bits per heavy atom. The average Bonchev–Trinajstić information content (AvgIpc) is 2.79. The van der Waals surface area contributed by atoms with E-state index in [2.05, 4.69) is 0 Å². The second kappa shape index (κ2) is 10.7. The molecule has 0 saturated carbocycles. The van der Waals surface area contributed by atoms with Crippen LogP contribution in [0.15, 0.2) is 36.4 Å². The normalized spacial score (nSPS) is 11.3. The molecule has 0 saturated heterocycles. The second-order valence-electron chi connectivity index (χ2n) is 9.84. The molecule has 192 valence electrons. The van der Waals surface area contributed by atoms with Crippen molar-refractivity contribution in [1.82, 2.24) is 0 Å². The lowest BCUT2D eigenvalue weighted by Gasteiger charge is -2.21. The summed E-state index contributed by atoms with van der Waals surface area (Å²) in [5.41, 5.74) is -2.05. The van der Waals surface area contributed by atoms with Crippen molar-refractivity contribution in [2.45, 2.75) is 52.7 Å². The Hall–Kier alpha value is -4.01. The van der Waals surface area contributed by atoms with Gasteiger partial charge < -0.3 is 18.9 Å². The Balaban J connectivity index is 2.60. The zero-order valence-electron chi connectivity index (χ0n) is 21.6. The summed E-state index contributed by atoms with van der Waals surface area (Å²) >= 11 is 0. The minimum Gasteiger partial charge on any atom is -0.465 e. The SMILES string of the molecule is COC(=O)c1ccc(C(=O)c2ccc(C(=O)OC)c(C(=O)OC(C)(C)C)c2)cc1C(=O)OC(C)(C)C. The molecule has 0 aromatic heterocycles. The number of ether oxygens (including phenoxy) is 4. The molecule has 36 heavy (non-hydrogen) atoms. The zero-order chi connectivity index (χ0) is 27.4. The van der Waals surface area contributed by atoms with Crippen LogP contribution in [0.5, 0.6) is 0 Å². The number of carbonyl (C=O) groups excluding carboxylic acids is 5. The van der Waals surface area contributed by atoms with Crippen LogP contribution in [0.25, 0.3) is 0 Å². The number of esters is 4. The van der Waals surface area contributed by atoms with Crippen LogP contribution in [0.4, 0.5) is 0 Å². The van der Waals surface area contributed by atoms with Crippen LogP contribution in [0.2, 0.25) is 0 Å². The van der Waals surface area contributed by atoms with Gasteiger partial charge >= 0.3 is 23.9 Å². The first-order valence-corrected chi connectivity index (χ1v) is 11.0. The molecule has 0 N–H and O–H groups in total. The second-order valence-corrected chi connectivity index (χ2v) is 9.84. The van der Waals surface area contributed by atoms with Gasteiger partial charge in [-0.15, -0.1) is 0 Å². The molecule has 0 aliphatic heterocycles. The maximum absolute atomic E-state index is 13.3. The van der Waals surface area contributed by atoms with E-state index in [-0.39, 0.29) is 33.4 Å². The first-order chi connectivity index (χ1) is 16.6. The van der Waals surface area contributed by atoms with Crippen LogP contribution in [0.3, 0.4) is 0 Å². The van der Waals surface area contributed by atoms with Gasteiger partial charge in [-0.1, -0.05) is 12.1 Å². The molecule has 0 amide bonds. The van der Waals surface area contributed by atoms with Crippen molar-refractivity contribution in [3.05, 3.63) is 69.8 Å². The lowest BCUT2D eigenvalue weighted by Crippen LogP contribution is -2.26. The minimum absolute atomic E-state index is 0.0458. The monoisotopic (exact) mass is 498 g/mol. The van der Waals surface area contributed by atoms with Crippen LogP contribution in [-0.2, 0) is 18.9 Å². The number of ketones is 1. The highest BCUT2D eigenvalue weighted by atomic mass is 16.6. The maximum Gasteiger partial charge on any atom is 0.339 e. The third-order valence-electron chi connectivity index (χ3n) is 4.61. The van der Waals surface area contributed by atoms with E-state index in [1.165, 1.54) is 50.6 Å². The van der Waals surface area contributed by atoms with Gasteiger partial charge in [0.1, 0.15) is 11.2 Å². The van der Waals surface area contributed by atoms with E-state index in [0.717, 1.165) is 0 Å². The molecule has 0 radical (unpaired) electrons. The quantitative estimate of drug-likeness (QED) is 0.324. The van der Waals surface area contributed by atoms with Crippen LogP contribution in [-0.4, -0.2) is 55.1 Å². The first kappa shape index (κ1) is 28.2. The predicted molar refractivity (Wildman–Crippen MR) is 129 cm³/mol. The summed E-state index contributed by atoms with van der Waals surface area (Å²) in [5, 5.41) is 0. The third kappa shape index (κ3) is 7.00. The van der Waals surface area contributed by atoms with Crippen molar-refractivity contribution in [2.24, 2.45) is 0 Å². The van der Waals surface area contributed by atoms with Crippen molar-refractivity contribution in [1.29, 1.82) is 0 Å². The first-order valence-electron chi connectivity index (χ1n) is 11.0. The summed E-state index contributed by atoms with van der Waals surface area (Å²) in [6.45, 7) is 9.99. The molecule has 0 bridgehead atoms. The van der Waals surface area contributed by atoms with Gasteiger partial charge in [-0.2, -0.15) is 0 Å². The van der Waals surface area contributed by atoms with Crippen LogP contribution >= 0.6 is 0 Å². The smallest absolute Gasteiger partial charge is 0.339 e. The molecular weight excluding hydrogens is 468 g/mol. The van der Waals surface area contributed by atoms with Crippen LogP contribution in [0, 0.1) is 0 Å². The molecule has 0 aliphatic carbocycles. The standard InChI is InChI=1S/C27H30O9/c1-26(2,3)35-24(31)19-13-15(9-11-17(19)22(29)33-7)21(28)16-10-12-18(23(30)34-8)20(14-16)25(32)36-27(4,5)6/h9-14H,1-8H3. The van der Waals surface area contributed by atoms with Crippen molar-refractivity contribution < 1.29 is 42.9 Å². The van der Waals surface area contributed by atoms with Gasteiger partial charge in [0.2, 0.25) is 0 Å². The lowest BCUT2D eigenvalue weighted by atomic mass is 9.95. The number of rotatable bonds is 6. The summed E-state index contributed by atoms with van der Waals surface area (Å²) in [5.74, 6) is -3.74. The van der Waals surface area contributed by atoms with E-state index in [1.807, 2.05) is 0 Å². The number of methoxy groups -OCH3 is 2. The molecule has 9 heteroatoms. The van der Waals surface area contributed by atoms with E-state index >= 15 is 0 Å². The van der Waals surface area contributed by atoms with E-state index in [9.17, 15) is 24.0 Å². The Bertz CT molecular complexity index is 1120. The molecule has 0 spiro atoms. The predicted octanol–water partition coefficient (Wildman–Crippen LogP) is 4.40. The fraction of sp³-hybridized carbons (Fsp3) is 0.370. The van der Waals surface area contributed by atoms with Gasteiger partial charge in [0.05, 0.1) is 36.5 Å². The Morgan fingerprint density at radius 3 is 1.14 bits per heavy atom. The van der Waals surface area contributed by atoms with Gasteiger partial charge in [-0.05, 0) is 65.8 Å². The highest BCUT2D eigenvalue weighted by molar-refractivity contribution is 6.13. The number of benzene rings is 2. The molecular formula is C27H30O9. The molecule has 2 rings (SSSR count). The summed E-state index contributed by atoms with van der Waals surface area (Å²) in [6, 6.07) is 7.73. The largest absolute Gasteiger partial charge is 0.465 e. The molecule has 0 fully saturated rings. The van der Waals surface area contributed by atoms with Gasteiger partial charge in [-0.25, -0.2) is 19.2 Å². The highest BCUT2D eigenvalue weighted by Gasteiger charge is 2.27. The Morgan fingerprint density at radius 1 is 0.528 bits per heavy atom. The molecule has 0 unspecified atom stereocenters. The number of hydrogen-bond donors (Lipinski definition) is 0. The maximum atomic E-state index is 13.3. The van der Waals surface area contributed by atoms with E-state index in [1.54, 1.807) is 41.5 Å². The van der Waals surface area contributed by atoms with Crippen molar-refractivity contribution >= 4 is 29.7 Å². The summed E-state index contributed by atoms with van der Waals surface area (Å²) in [4.78, 5) is 63.3. The summed E-state index contributed by atoms with van der Waals surface area (Å²) in [6.07, 6.45) is 0. The van der Waals surface area contributed by atoms with Gasteiger partial charge in [0.25, 0.3) is 0 Å². The van der Waals surface area contributed by atoms with Crippen molar-refractivity contribution in [3.8, 4) is 0 Å². The summed E-state index contributed by atoms with van der Waals surface area (Å²) in [7, 11) is 2.34. The average molecular weight is 499 g/mol. The highest BCUT2D eigenvalue weighted by Crippen LogP contribution is 2.23. The van der Waals surface area contributed by atoms with Crippen molar-refractivity contribution in [2.75, 3.05) is 14.2 Å². The topological polar surface area (TPSA) is 122 Å². The Kier molecular flexibility index (Phi) is 8.41. The molecule has 2 aromatic carbocycles. The van der Waals surface area contributed by atoms with E-state index in [0.29, 0.717) is 0 Å². The van der Waals surface area contributed by atoms with E-state index < -0.39 is 40.9 Å². The Labute approximate surface area is 209 Å².